The lowest BCUT2D eigenvalue weighted by atomic mass is 9.41. The molecule has 2 bridgehead atoms. The first-order valence-electron chi connectivity index (χ1n) is 9.62. The molecule has 1 spiro atoms. The maximum atomic E-state index is 12.6. The van der Waals surface area contributed by atoms with Crippen LogP contribution in [0.2, 0.25) is 0 Å². The maximum Gasteiger partial charge on any atom is 0.311 e. The van der Waals surface area contributed by atoms with Crippen molar-refractivity contribution in [2.45, 2.75) is 71.6 Å². The van der Waals surface area contributed by atoms with Crippen LogP contribution < -0.4 is 0 Å². The van der Waals surface area contributed by atoms with Crippen LogP contribution in [0.1, 0.15) is 71.6 Å². The van der Waals surface area contributed by atoms with E-state index >= 15 is 0 Å². The van der Waals surface area contributed by atoms with Crippen LogP contribution >= 0.6 is 0 Å². The van der Waals surface area contributed by atoms with Gasteiger partial charge in [-0.15, -0.1) is 0 Å². The summed E-state index contributed by atoms with van der Waals surface area (Å²) in [6.07, 6.45) is 11.3. The third-order valence-electron chi connectivity index (χ3n) is 8.71. The lowest BCUT2D eigenvalue weighted by molar-refractivity contribution is -0.183. The zero-order valence-corrected chi connectivity index (χ0v) is 15.1. The monoisotopic (exact) mass is 316 g/mol. The SMILES string of the molecule is C=C1C[C@@]23CC[C@@H]4[C@@](C)(CCC[C@@]4(C)C(=O)OC)[C@H]2CC[C@@H]1C3. The molecule has 4 rings (SSSR count). The second-order valence-corrected chi connectivity index (χ2v) is 9.59. The van der Waals surface area contributed by atoms with Gasteiger partial charge in [-0.1, -0.05) is 25.5 Å². The van der Waals surface area contributed by atoms with Crippen LogP contribution in [0.15, 0.2) is 12.2 Å². The Kier molecular flexibility index (Phi) is 3.32. The number of allylic oxidation sites excluding steroid dienone is 1. The summed E-state index contributed by atoms with van der Waals surface area (Å²) in [5, 5.41) is 0. The second kappa shape index (κ2) is 4.86. The van der Waals surface area contributed by atoms with Crippen LogP contribution in [0.5, 0.6) is 0 Å². The highest BCUT2D eigenvalue weighted by molar-refractivity contribution is 5.77. The number of ether oxygens (including phenoxy) is 1. The highest BCUT2D eigenvalue weighted by Crippen LogP contribution is 2.72. The Balaban J connectivity index is 1.73. The zero-order valence-electron chi connectivity index (χ0n) is 15.1. The quantitative estimate of drug-likeness (QED) is 0.495. The van der Waals surface area contributed by atoms with E-state index < -0.39 is 0 Å². The van der Waals surface area contributed by atoms with Gasteiger partial charge in [0.1, 0.15) is 0 Å². The Morgan fingerprint density at radius 2 is 1.91 bits per heavy atom. The minimum Gasteiger partial charge on any atom is -0.469 e. The fraction of sp³-hybridized carbons (Fsp3) is 0.857. The van der Waals surface area contributed by atoms with E-state index in [2.05, 4.69) is 20.4 Å². The van der Waals surface area contributed by atoms with E-state index in [1.165, 1.54) is 56.9 Å². The van der Waals surface area contributed by atoms with Crippen LogP contribution in [-0.2, 0) is 9.53 Å². The van der Waals surface area contributed by atoms with E-state index in [1.54, 1.807) is 7.11 Å². The molecule has 6 atom stereocenters. The summed E-state index contributed by atoms with van der Waals surface area (Å²) < 4.78 is 5.25. The average molecular weight is 316 g/mol. The second-order valence-electron chi connectivity index (χ2n) is 9.59. The number of fused-ring (bicyclic) bond motifs is 3. The van der Waals surface area contributed by atoms with Gasteiger partial charge < -0.3 is 4.74 Å². The standard InChI is InChI=1S/C21H32O2/c1-14-12-21-11-8-16-19(2,17(21)7-6-15(14)13-21)9-5-10-20(16,3)18(22)23-4/h15-17H,1,5-13H2,2-4H3/t15-,16-,17-,19-,20-,21-/m1/s1. The molecule has 2 heteroatoms. The van der Waals surface area contributed by atoms with Gasteiger partial charge in [0.2, 0.25) is 0 Å². The largest absolute Gasteiger partial charge is 0.469 e. The Labute approximate surface area is 141 Å². The van der Waals surface area contributed by atoms with Gasteiger partial charge in [0.25, 0.3) is 0 Å². The lowest BCUT2D eigenvalue weighted by Gasteiger charge is -2.63. The van der Waals surface area contributed by atoms with Crippen LogP contribution in [0, 0.1) is 34.0 Å². The molecule has 0 N–H and O–H groups in total. The summed E-state index contributed by atoms with van der Waals surface area (Å²) in [5.74, 6) is 2.11. The summed E-state index contributed by atoms with van der Waals surface area (Å²) in [6, 6.07) is 0. The molecule has 4 aliphatic carbocycles. The van der Waals surface area contributed by atoms with Crippen LogP contribution in [0.4, 0.5) is 0 Å². The minimum absolute atomic E-state index is 0.0360. The van der Waals surface area contributed by atoms with Gasteiger partial charge in [-0.3, -0.25) is 4.79 Å². The van der Waals surface area contributed by atoms with E-state index in [4.69, 9.17) is 4.74 Å². The fourth-order valence-electron chi connectivity index (χ4n) is 7.83. The molecule has 2 nitrogen and oxygen atoms in total. The van der Waals surface area contributed by atoms with Crippen molar-refractivity contribution in [1.82, 2.24) is 0 Å². The highest BCUT2D eigenvalue weighted by atomic mass is 16.5. The summed E-state index contributed by atoms with van der Waals surface area (Å²) >= 11 is 0. The van der Waals surface area contributed by atoms with Gasteiger partial charge in [0.05, 0.1) is 12.5 Å². The van der Waals surface area contributed by atoms with Crippen LogP contribution in [0.3, 0.4) is 0 Å². The molecule has 23 heavy (non-hydrogen) atoms. The Morgan fingerprint density at radius 3 is 2.65 bits per heavy atom. The van der Waals surface area contributed by atoms with E-state index in [1.807, 2.05) is 0 Å². The molecular formula is C21H32O2. The van der Waals surface area contributed by atoms with Crippen molar-refractivity contribution in [2.24, 2.45) is 34.0 Å². The molecule has 0 saturated heterocycles. The lowest BCUT2D eigenvalue weighted by Crippen LogP contribution is -2.58. The van der Waals surface area contributed by atoms with Crippen molar-refractivity contribution < 1.29 is 9.53 Å². The number of rotatable bonds is 1. The van der Waals surface area contributed by atoms with Gasteiger partial charge in [-0.2, -0.15) is 0 Å². The van der Waals surface area contributed by atoms with Crippen molar-refractivity contribution in [1.29, 1.82) is 0 Å². The number of carbonyl (C=O) groups excluding carboxylic acids is 1. The molecular weight excluding hydrogens is 284 g/mol. The minimum atomic E-state index is -0.268. The molecule has 0 aromatic carbocycles. The maximum absolute atomic E-state index is 12.6. The van der Waals surface area contributed by atoms with E-state index in [0.717, 1.165) is 18.3 Å². The number of methoxy groups -OCH3 is 1. The molecule has 0 amide bonds. The van der Waals surface area contributed by atoms with Crippen LogP contribution in [0.25, 0.3) is 0 Å². The first kappa shape index (κ1) is 15.7. The van der Waals surface area contributed by atoms with E-state index in [-0.39, 0.29) is 11.4 Å². The summed E-state index contributed by atoms with van der Waals surface area (Å²) in [4.78, 5) is 12.6. The number of carbonyl (C=O) groups is 1. The van der Waals surface area contributed by atoms with Crippen molar-refractivity contribution in [3.63, 3.8) is 0 Å². The van der Waals surface area contributed by atoms with Gasteiger partial charge in [0.15, 0.2) is 0 Å². The van der Waals surface area contributed by atoms with Crippen molar-refractivity contribution in [2.75, 3.05) is 7.11 Å². The number of hydrogen-bond donors (Lipinski definition) is 0. The van der Waals surface area contributed by atoms with Gasteiger partial charge in [-0.25, -0.2) is 0 Å². The summed E-state index contributed by atoms with van der Waals surface area (Å²) in [6.45, 7) is 9.12. The molecule has 4 fully saturated rings. The van der Waals surface area contributed by atoms with Crippen LogP contribution in [-0.4, -0.2) is 13.1 Å². The predicted molar refractivity (Wildman–Crippen MR) is 91.8 cm³/mol. The first-order chi connectivity index (χ1) is 10.9. The van der Waals surface area contributed by atoms with E-state index in [9.17, 15) is 4.79 Å². The highest BCUT2D eigenvalue weighted by Gasteiger charge is 2.65. The van der Waals surface area contributed by atoms with Crippen molar-refractivity contribution in [3.8, 4) is 0 Å². The average Bonchev–Trinajstić information content (AvgIpc) is 2.75. The summed E-state index contributed by atoms with van der Waals surface area (Å²) in [7, 11) is 1.57. The Bertz CT molecular complexity index is 552. The Hall–Kier alpha value is -0.790. The number of hydrogen-bond acceptors (Lipinski definition) is 2. The van der Waals surface area contributed by atoms with Gasteiger partial charge >= 0.3 is 5.97 Å². The molecule has 0 unspecified atom stereocenters. The number of esters is 1. The molecule has 4 saturated carbocycles. The van der Waals surface area contributed by atoms with Crippen molar-refractivity contribution >= 4 is 5.97 Å². The topological polar surface area (TPSA) is 26.3 Å². The van der Waals surface area contributed by atoms with Crippen molar-refractivity contribution in [3.05, 3.63) is 12.2 Å². The smallest absolute Gasteiger partial charge is 0.311 e. The zero-order chi connectivity index (χ0) is 16.5. The molecule has 0 aliphatic heterocycles. The first-order valence-corrected chi connectivity index (χ1v) is 9.62. The third kappa shape index (κ3) is 1.90. The summed E-state index contributed by atoms with van der Waals surface area (Å²) in [5.41, 5.74) is 2.09. The third-order valence-corrected chi connectivity index (χ3v) is 8.71. The predicted octanol–water partition coefficient (Wildman–Crippen LogP) is 5.13. The molecule has 0 radical (unpaired) electrons. The molecule has 4 aliphatic rings. The van der Waals surface area contributed by atoms with Gasteiger partial charge in [0, 0.05) is 0 Å². The van der Waals surface area contributed by atoms with Gasteiger partial charge in [-0.05, 0) is 86.9 Å². The Morgan fingerprint density at radius 1 is 1.13 bits per heavy atom. The molecule has 0 aromatic rings. The van der Waals surface area contributed by atoms with E-state index in [0.29, 0.717) is 16.7 Å². The molecule has 128 valence electrons. The molecule has 0 aromatic heterocycles. The fourth-order valence-corrected chi connectivity index (χ4v) is 7.83. The molecule has 0 heterocycles. The normalized spacial score (nSPS) is 51.8.